The third-order valence-corrected chi connectivity index (χ3v) is 13.3. The second kappa shape index (κ2) is 13.3. The lowest BCUT2D eigenvalue weighted by molar-refractivity contribution is -0.142. The molecule has 6 atom stereocenters. The average Bonchev–Trinajstić information content (AvgIpc) is 3.94. The maximum Gasteiger partial charge on any atom is 0.408 e. The van der Waals surface area contributed by atoms with Crippen LogP contribution >= 0.6 is 23.8 Å². The molecule has 2 heterocycles. The number of amides is 4. The van der Waals surface area contributed by atoms with E-state index < -0.39 is 62.8 Å². The highest BCUT2D eigenvalue weighted by Crippen LogP contribution is 2.49. The van der Waals surface area contributed by atoms with Crippen LogP contribution in [0.1, 0.15) is 88.3 Å². The van der Waals surface area contributed by atoms with Crippen molar-refractivity contribution in [3.63, 3.8) is 0 Å². The molecular formula is C32H43ClN6O7S2. The molecule has 4 amide bonds. The second-order valence-corrected chi connectivity index (χ2v) is 16.8. The standard InChI is InChI=1S/C32H43ClN6O7S2/c1-2-19-14-32(19,29(42)37-48(45,46)20-11-12-20)36-27(40)24-13-18(26-21-9-6-10-23(33)22(21)16-39(26)31(43)44)15-38(24)28(41)25(35-30(34)47)17-7-4-3-5-8-17/h6,9-10,17-20,24-26H,2-5,7-8,11-16H2,1H3,(H,36,40)(H,37,42)(H,43,44)(H3,34,35,47)/t18-,19-,24+,25+,26?,32-/m1/s1. The summed E-state index contributed by atoms with van der Waals surface area (Å²) in [5, 5.41) is 15.9. The summed E-state index contributed by atoms with van der Waals surface area (Å²) < 4.78 is 27.6. The Hall–Kier alpha value is -3.17. The largest absolute Gasteiger partial charge is 0.465 e. The summed E-state index contributed by atoms with van der Waals surface area (Å²) in [4.78, 5) is 57.6. The summed E-state index contributed by atoms with van der Waals surface area (Å²) in [6.07, 6.45) is 5.19. The van der Waals surface area contributed by atoms with Gasteiger partial charge >= 0.3 is 6.09 Å². The molecule has 262 valence electrons. The molecular weight excluding hydrogens is 680 g/mol. The summed E-state index contributed by atoms with van der Waals surface area (Å²) in [5.74, 6) is -2.58. The molecule has 16 heteroatoms. The molecule has 5 aliphatic rings. The van der Waals surface area contributed by atoms with E-state index >= 15 is 0 Å². The first-order valence-electron chi connectivity index (χ1n) is 16.8. The van der Waals surface area contributed by atoms with E-state index in [2.05, 4.69) is 15.4 Å². The van der Waals surface area contributed by atoms with Crippen LogP contribution in [-0.4, -0.2) is 81.7 Å². The molecule has 3 aliphatic carbocycles. The Kier molecular flexibility index (Phi) is 9.59. The van der Waals surface area contributed by atoms with Crippen LogP contribution in [0.4, 0.5) is 4.79 Å². The van der Waals surface area contributed by atoms with Crippen molar-refractivity contribution < 1.29 is 32.7 Å². The SMILES string of the molecule is CC[C@@H]1C[C@]1(NC(=O)[C@@H]1C[C@@H](C2c3cccc(Cl)c3CN2C(=O)O)CN1C(=O)[C@@H](NC(N)=S)C1CCCCC1)C(=O)NS(=O)(=O)C1CC1. The van der Waals surface area contributed by atoms with Gasteiger partial charge in [0, 0.05) is 17.5 Å². The lowest BCUT2D eigenvalue weighted by Gasteiger charge is -2.35. The number of thiocarbonyl (C=S) groups is 1. The van der Waals surface area contributed by atoms with Gasteiger partial charge in [0.05, 0.1) is 17.8 Å². The van der Waals surface area contributed by atoms with Crippen molar-refractivity contribution >= 4 is 62.8 Å². The maximum atomic E-state index is 14.5. The molecule has 4 fully saturated rings. The van der Waals surface area contributed by atoms with Crippen LogP contribution in [0.2, 0.25) is 5.02 Å². The minimum Gasteiger partial charge on any atom is -0.465 e. The van der Waals surface area contributed by atoms with E-state index in [1.54, 1.807) is 12.1 Å². The zero-order chi connectivity index (χ0) is 34.5. The predicted octanol–water partition coefficient (Wildman–Crippen LogP) is 2.77. The molecule has 0 radical (unpaired) electrons. The molecule has 0 spiro atoms. The van der Waals surface area contributed by atoms with Crippen LogP contribution in [-0.2, 0) is 31.0 Å². The molecule has 1 unspecified atom stereocenters. The number of hydrogen-bond acceptors (Lipinski definition) is 7. The first-order chi connectivity index (χ1) is 22.8. The lowest BCUT2D eigenvalue weighted by atomic mass is 9.83. The van der Waals surface area contributed by atoms with Crippen LogP contribution in [0.25, 0.3) is 0 Å². The number of likely N-dealkylation sites (tertiary alicyclic amines) is 1. The van der Waals surface area contributed by atoms with Gasteiger partial charge in [-0.1, -0.05) is 56.3 Å². The van der Waals surface area contributed by atoms with Crippen LogP contribution in [0.5, 0.6) is 0 Å². The molecule has 0 bridgehead atoms. The number of nitrogens with one attached hydrogen (secondary N) is 3. The molecule has 3 saturated carbocycles. The molecule has 13 nitrogen and oxygen atoms in total. The van der Waals surface area contributed by atoms with Crippen molar-refractivity contribution in [2.75, 3.05) is 6.54 Å². The lowest BCUT2D eigenvalue weighted by Crippen LogP contribution is -2.59. The van der Waals surface area contributed by atoms with Gasteiger partial charge in [-0.15, -0.1) is 0 Å². The molecule has 1 saturated heterocycles. The summed E-state index contributed by atoms with van der Waals surface area (Å²) in [5.41, 5.74) is 5.88. The smallest absolute Gasteiger partial charge is 0.408 e. The monoisotopic (exact) mass is 722 g/mol. The number of nitrogens with two attached hydrogens (primary N) is 1. The molecule has 48 heavy (non-hydrogen) atoms. The van der Waals surface area contributed by atoms with Gasteiger partial charge in [0.25, 0.3) is 5.91 Å². The quantitative estimate of drug-likeness (QED) is 0.225. The van der Waals surface area contributed by atoms with Gasteiger partial charge in [0.15, 0.2) is 5.11 Å². The summed E-state index contributed by atoms with van der Waals surface area (Å²) in [7, 11) is -3.86. The number of benzene rings is 1. The third kappa shape index (κ3) is 6.57. The van der Waals surface area contributed by atoms with Crippen LogP contribution < -0.4 is 21.1 Å². The van der Waals surface area contributed by atoms with Crippen LogP contribution in [0.3, 0.4) is 0 Å². The number of fused-ring (bicyclic) bond motifs is 1. The first kappa shape index (κ1) is 34.7. The van der Waals surface area contributed by atoms with E-state index in [0.717, 1.165) is 37.7 Å². The highest BCUT2D eigenvalue weighted by Gasteiger charge is 2.62. The number of halogens is 1. The Balaban J connectivity index is 1.32. The Morgan fingerprint density at radius 3 is 2.44 bits per heavy atom. The highest BCUT2D eigenvalue weighted by molar-refractivity contribution is 7.91. The summed E-state index contributed by atoms with van der Waals surface area (Å²) in [6, 6.07) is 2.75. The number of carbonyl (C=O) groups excluding carboxylic acids is 3. The van der Waals surface area contributed by atoms with Gasteiger partial charge in [-0.3, -0.25) is 24.0 Å². The average molecular weight is 723 g/mol. The van der Waals surface area contributed by atoms with Crippen molar-refractivity contribution in [2.24, 2.45) is 23.5 Å². The van der Waals surface area contributed by atoms with E-state index in [4.69, 9.17) is 29.6 Å². The van der Waals surface area contributed by atoms with E-state index in [1.165, 1.54) is 9.80 Å². The van der Waals surface area contributed by atoms with Gasteiger partial charge in [-0.05, 0) is 79.8 Å². The second-order valence-electron chi connectivity index (χ2n) is 14.0. The van der Waals surface area contributed by atoms with Gasteiger partial charge < -0.3 is 26.4 Å². The number of carbonyl (C=O) groups is 4. The van der Waals surface area contributed by atoms with E-state index in [9.17, 15) is 32.7 Å². The van der Waals surface area contributed by atoms with Crippen LogP contribution in [0, 0.1) is 17.8 Å². The number of carboxylic acid groups (broad SMARTS) is 1. The predicted molar refractivity (Wildman–Crippen MR) is 181 cm³/mol. The van der Waals surface area contributed by atoms with E-state index in [0.29, 0.717) is 29.8 Å². The van der Waals surface area contributed by atoms with Gasteiger partial charge in [-0.25, -0.2) is 13.2 Å². The highest BCUT2D eigenvalue weighted by atomic mass is 35.5. The number of rotatable bonds is 10. The molecule has 6 N–H and O–H groups in total. The fourth-order valence-electron chi connectivity index (χ4n) is 8.22. The van der Waals surface area contributed by atoms with Crippen molar-refractivity contribution in [3.05, 3.63) is 34.3 Å². The molecule has 0 aromatic heterocycles. The van der Waals surface area contributed by atoms with Crippen molar-refractivity contribution in [2.45, 2.75) is 107 Å². The maximum absolute atomic E-state index is 14.5. The van der Waals surface area contributed by atoms with Crippen LogP contribution in [0.15, 0.2) is 18.2 Å². The first-order valence-corrected chi connectivity index (χ1v) is 19.1. The number of hydrogen-bond donors (Lipinski definition) is 5. The van der Waals surface area contributed by atoms with Crippen molar-refractivity contribution in [1.29, 1.82) is 0 Å². The zero-order valence-electron chi connectivity index (χ0n) is 26.8. The fraction of sp³-hybridized carbons (Fsp3) is 0.656. The normalized spacial score (nSPS) is 29.1. The molecule has 1 aromatic rings. The van der Waals surface area contributed by atoms with Gasteiger partial charge in [0.1, 0.15) is 17.6 Å². The van der Waals surface area contributed by atoms with Gasteiger partial charge in [0.2, 0.25) is 21.8 Å². The topological polar surface area (TPSA) is 191 Å². The number of nitrogens with zero attached hydrogens (tertiary/aromatic N) is 2. The third-order valence-electron chi connectivity index (χ3n) is 11.0. The fourth-order valence-corrected chi connectivity index (χ4v) is 9.95. The Labute approximate surface area is 290 Å². The zero-order valence-corrected chi connectivity index (χ0v) is 29.2. The minimum absolute atomic E-state index is 0.0386. The van der Waals surface area contributed by atoms with Crippen molar-refractivity contribution in [1.82, 2.24) is 25.2 Å². The molecule has 1 aromatic carbocycles. The number of sulfonamides is 1. The van der Waals surface area contributed by atoms with Gasteiger partial charge in [-0.2, -0.15) is 0 Å². The Morgan fingerprint density at radius 2 is 1.83 bits per heavy atom. The van der Waals surface area contributed by atoms with Crippen molar-refractivity contribution in [3.8, 4) is 0 Å². The van der Waals surface area contributed by atoms with E-state index in [-0.39, 0.29) is 48.8 Å². The molecule has 6 rings (SSSR count). The summed E-state index contributed by atoms with van der Waals surface area (Å²) >= 11 is 11.7. The Bertz CT molecular complexity index is 1620. The minimum atomic E-state index is -3.86. The Morgan fingerprint density at radius 1 is 1.12 bits per heavy atom. The van der Waals surface area contributed by atoms with E-state index in [1.807, 2.05) is 13.0 Å². The molecule has 2 aliphatic heterocycles. The summed E-state index contributed by atoms with van der Waals surface area (Å²) in [6.45, 7) is 1.99.